The van der Waals surface area contributed by atoms with E-state index in [-0.39, 0.29) is 0 Å². The molecule has 0 spiro atoms. The van der Waals surface area contributed by atoms with E-state index in [9.17, 15) is 0 Å². The maximum absolute atomic E-state index is 2.44. The lowest BCUT2D eigenvalue weighted by Gasteiger charge is -2.12. The van der Waals surface area contributed by atoms with E-state index >= 15 is 0 Å². The number of benzene rings is 10. The lowest BCUT2D eigenvalue weighted by Crippen LogP contribution is -1.94. The summed E-state index contributed by atoms with van der Waals surface area (Å²) in [6, 6.07) is 80.0. The molecule has 0 aliphatic rings. The molecule has 0 unspecified atom stereocenters. The van der Waals surface area contributed by atoms with Gasteiger partial charge in [0.1, 0.15) is 0 Å². The number of hydrogen-bond acceptors (Lipinski definition) is 0. The molecule has 0 amide bonds. The second kappa shape index (κ2) is 12.9. The molecule has 2 nitrogen and oxygen atoms in total. The molecule has 2 heteroatoms. The summed E-state index contributed by atoms with van der Waals surface area (Å²) in [5.41, 5.74) is 14.4. The second-order valence-corrected chi connectivity index (χ2v) is 15.3. The fourth-order valence-electron chi connectivity index (χ4n) is 9.40. The average molecular weight is 737 g/mol. The van der Waals surface area contributed by atoms with Crippen molar-refractivity contribution in [2.45, 2.75) is 0 Å². The Labute approximate surface area is 336 Å². The van der Waals surface area contributed by atoms with Crippen LogP contribution in [0.1, 0.15) is 0 Å². The van der Waals surface area contributed by atoms with E-state index in [1.807, 2.05) is 0 Å². The number of fused-ring (bicyclic) bond motifs is 8. The van der Waals surface area contributed by atoms with Crippen LogP contribution >= 0.6 is 0 Å². The lowest BCUT2D eigenvalue weighted by molar-refractivity contribution is 1.18. The van der Waals surface area contributed by atoms with Gasteiger partial charge in [-0.15, -0.1) is 0 Å². The third kappa shape index (κ3) is 5.05. The molecule has 12 aromatic rings. The van der Waals surface area contributed by atoms with E-state index in [0.29, 0.717) is 0 Å². The monoisotopic (exact) mass is 736 g/mol. The highest BCUT2D eigenvalue weighted by atomic mass is 15.0. The van der Waals surface area contributed by atoms with Gasteiger partial charge in [0, 0.05) is 32.9 Å². The van der Waals surface area contributed by atoms with Gasteiger partial charge in [-0.05, 0) is 116 Å². The summed E-state index contributed by atoms with van der Waals surface area (Å²) >= 11 is 0. The summed E-state index contributed by atoms with van der Waals surface area (Å²) in [7, 11) is 0. The van der Waals surface area contributed by atoms with E-state index in [4.69, 9.17) is 0 Å². The van der Waals surface area contributed by atoms with Crippen LogP contribution in [-0.2, 0) is 0 Å². The number of para-hydroxylation sites is 2. The molecule has 0 aliphatic heterocycles. The molecular formula is C56H36N2. The molecule has 12 rings (SSSR count). The Balaban J connectivity index is 1.03. The van der Waals surface area contributed by atoms with E-state index in [1.165, 1.54) is 104 Å². The smallest absolute Gasteiger partial charge is 0.0547 e. The zero-order chi connectivity index (χ0) is 38.2. The summed E-state index contributed by atoms with van der Waals surface area (Å²) < 4.78 is 4.82. The highest BCUT2D eigenvalue weighted by molar-refractivity contribution is 6.14. The van der Waals surface area contributed by atoms with Gasteiger partial charge in [0.15, 0.2) is 0 Å². The molecule has 0 atom stereocenters. The van der Waals surface area contributed by atoms with Crippen LogP contribution in [-0.4, -0.2) is 9.13 Å². The maximum atomic E-state index is 2.44. The predicted octanol–water partition coefficient (Wildman–Crippen LogP) is 15.2. The van der Waals surface area contributed by atoms with Crippen molar-refractivity contribution in [3.63, 3.8) is 0 Å². The van der Waals surface area contributed by atoms with Crippen LogP contribution in [0, 0.1) is 0 Å². The van der Waals surface area contributed by atoms with Gasteiger partial charge in [-0.2, -0.15) is 0 Å². The van der Waals surface area contributed by atoms with Crippen molar-refractivity contribution in [2.75, 3.05) is 0 Å². The van der Waals surface area contributed by atoms with Gasteiger partial charge in [-0.25, -0.2) is 0 Å². The minimum atomic E-state index is 1.14. The average Bonchev–Trinajstić information content (AvgIpc) is 3.80. The van der Waals surface area contributed by atoms with Crippen molar-refractivity contribution in [3.05, 3.63) is 218 Å². The Bertz CT molecular complexity index is 3400. The van der Waals surface area contributed by atoms with Gasteiger partial charge in [0.05, 0.1) is 22.1 Å². The molecule has 0 aliphatic carbocycles. The Kier molecular flexibility index (Phi) is 7.26. The second-order valence-electron chi connectivity index (χ2n) is 15.3. The number of rotatable bonds is 5. The molecule has 2 heterocycles. The van der Waals surface area contributed by atoms with Crippen LogP contribution < -0.4 is 0 Å². The Morgan fingerprint density at radius 1 is 0.224 bits per heavy atom. The minimum absolute atomic E-state index is 1.14. The van der Waals surface area contributed by atoms with E-state index in [2.05, 4.69) is 228 Å². The Morgan fingerprint density at radius 2 is 0.672 bits per heavy atom. The largest absolute Gasteiger partial charge is 0.309 e. The summed E-state index contributed by atoms with van der Waals surface area (Å²) in [6.07, 6.45) is 0. The molecule has 10 aromatic carbocycles. The van der Waals surface area contributed by atoms with Crippen LogP contribution in [0.5, 0.6) is 0 Å². The first-order chi connectivity index (χ1) is 28.8. The van der Waals surface area contributed by atoms with E-state index < -0.39 is 0 Å². The summed E-state index contributed by atoms with van der Waals surface area (Å²) in [4.78, 5) is 0. The molecule has 58 heavy (non-hydrogen) atoms. The predicted molar refractivity (Wildman–Crippen MR) is 246 cm³/mol. The summed E-state index contributed by atoms with van der Waals surface area (Å²) in [5, 5.41) is 10.0. The van der Waals surface area contributed by atoms with Gasteiger partial charge >= 0.3 is 0 Å². The summed E-state index contributed by atoms with van der Waals surface area (Å²) in [5.74, 6) is 0. The van der Waals surface area contributed by atoms with Gasteiger partial charge in [-0.3, -0.25) is 0 Å². The molecule has 0 saturated heterocycles. The van der Waals surface area contributed by atoms with Gasteiger partial charge in [-0.1, -0.05) is 158 Å². The topological polar surface area (TPSA) is 9.86 Å². The van der Waals surface area contributed by atoms with Gasteiger partial charge in [0.25, 0.3) is 0 Å². The minimum Gasteiger partial charge on any atom is -0.309 e. The molecular weight excluding hydrogens is 701 g/mol. The molecule has 2 aromatic heterocycles. The summed E-state index contributed by atoms with van der Waals surface area (Å²) in [6.45, 7) is 0. The maximum Gasteiger partial charge on any atom is 0.0547 e. The van der Waals surface area contributed by atoms with Crippen molar-refractivity contribution in [3.8, 4) is 44.8 Å². The standard InChI is InChI=1S/C56H36N2/c1-2-16-43(17-3-1)58-53-23-9-8-20-49(53)50-31-26-40(36-56(50)58)37-24-29-44(30-25-37)57-54-32-27-41(47-21-10-14-38-12-4-6-18-45(38)47)34-51(54)52-35-42(28-33-55(52)57)48-22-11-15-39-13-5-7-19-46(39)48/h1-36H. The number of aromatic nitrogens is 2. The first-order valence-corrected chi connectivity index (χ1v) is 20.0. The first-order valence-electron chi connectivity index (χ1n) is 20.0. The number of nitrogens with zero attached hydrogens (tertiary/aromatic N) is 2. The zero-order valence-corrected chi connectivity index (χ0v) is 31.7. The molecule has 0 N–H and O–H groups in total. The zero-order valence-electron chi connectivity index (χ0n) is 31.7. The highest BCUT2D eigenvalue weighted by Crippen LogP contribution is 2.40. The van der Waals surface area contributed by atoms with Crippen LogP contribution in [0.4, 0.5) is 0 Å². The van der Waals surface area contributed by atoms with Crippen molar-refractivity contribution < 1.29 is 0 Å². The van der Waals surface area contributed by atoms with Crippen molar-refractivity contribution in [1.29, 1.82) is 0 Å². The quantitative estimate of drug-likeness (QED) is 0.167. The van der Waals surface area contributed by atoms with Crippen LogP contribution in [0.25, 0.3) is 110 Å². The molecule has 0 bridgehead atoms. The molecule has 0 saturated carbocycles. The number of hydrogen-bond donors (Lipinski definition) is 0. The fourth-order valence-corrected chi connectivity index (χ4v) is 9.40. The van der Waals surface area contributed by atoms with Crippen molar-refractivity contribution in [2.24, 2.45) is 0 Å². The third-order valence-electron chi connectivity index (χ3n) is 12.1. The molecule has 270 valence electrons. The van der Waals surface area contributed by atoms with Gasteiger partial charge in [0.2, 0.25) is 0 Å². The Morgan fingerprint density at radius 3 is 1.31 bits per heavy atom. The Hall–Kier alpha value is -7.68. The van der Waals surface area contributed by atoms with Crippen LogP contribution in [0.3, 0.4) is 0 Å². The first kappa shape index (κ1) is 32.6. The third-order valence-corrected chi connectivity index (χ3v) is 12.1. The van der Waals surface area contributed by atoms with E-state index in [1.54, 1.807) is 0 Å². The van der Waals surface area contributed by atoms with E-state index in [0.717, 1.165) is 5.69 Å². The van der Waals surface area contributed by atoms with Crippen LogP contribution in [0.2, 0.25) is 0 Å². The molecule has 0 radical (unpaired) electrons. The lowest BCUT2D eigenvalue weighted by atomic mass is 9.95. The van der Waals surface area contributed by atoms with Crippen molar-refractivity contribution >= 4 is 65.2 Å². The molecule has 0 fully saturated rings. The highest BCUT2D eigenvalue weighted by Gasteiger charge is 2.17. The fraction of sp³-hybridized carbons (Fsp3) is 0. The SMILES string of the molecule is c1ccc(-n2c3ccccc3c3ccc(-c4ccc(-n5c6ccc(-c7cccc8ccccc78)cc6c6cc(-c7cccc8ccccc78)ccc65)cc4)cc32)cc1. The van der Waals surface area contributed by atoms with Gasteiger partial charge < -0.3 is 9.13 Å². The van der Waals surface area contributed by atoms with Crippen molar-refractivity contribution in [1.82, 2.24) is 9.13 Å². The normalized spacial score (nSPS) is 11.8. The van der Waals surface area contributed by atoms with Crippen LogP contribution in [0.15, 0.2) is 218 Å².